The van der Waals surface area contributed by atoms with Gasteiger partial charge in [0.2, 0.25) is 11.8 Å². The molecule has 4 rings (SSSR count). The van der Waals surface area contributed by atoms with E-state index in [0.29, 0.717) is 42.8 Å². The number of fused-ring (bicyclic) bond motifs is 1. The predicted octanol–water partition coefficient (Wildman–Crippen LogP) is 2.77. The third kappa shape index (κ3) is 3.72. The van der Waals surface area contributed by atoms with Crippen LogP contribution in [0.1, 0.15) is 46.0 Å². The quantitative estimate of drug-likeness (QED) is 0.417. The fourth-order valence-corrected chi connectivity index (χ4v) is 6.19. The molecule has 2 amide bonds. The van der Waals surface area contributed by atoms with Crippen molar-refractivity contribution in [2.24, 2.45) is 11.8 Å². The van der Waals surface area contributed by atoms with Gasteiger partial charge in [-0.2, -0.15) is 0 Å². The van der Waals surface area contributed by atoms with Gasteiger partial charge in [-0.15, -0.1) is 0 Å². The van der Waals surface area contributed by atoms with Crippen molar-refractivity contribution in [2.75, 3.05) is 25.1 Å². The lowest BCUT2D eigenvalue weighted by Gasteiger charge is -2.33. The molecular formula is C24H31ClN2O6. The highest BCUT2D eigenvalue weighted by Gasteiger charge is 2.78. The van der Waals surface area contributed by atoms with E-state index in [0.717, 1.165) is 0 Å². The van der Waals surface area contributed by atoms with Gasteiger partial charge in [0.15, 0.2) is 0 Å². The molecular weight excluding hydrogens is 448 g/mol. The van der Waals surface area contributed by atoms with Crippen molar-refractivity contribution in [3.05, 3.63) is 29.3 Å². The zero-order valence-electron chi connectivity index (χ0n) is 19.0. The number of carbonyl (C=O) groups is 3. The highest BCUT2D eigenvalue weighted by atomic mass is 35.5. The van der Waals surface area contributed by atoms with Crippen LogP contribution >= 0.6 is 11.6 Å². The monoisotopic (exact) mass is 478 g/mol. The molecule has 180 valence electrons. The van der Waals surface area contributed by atoms with Gasteiger partial charge in [-0.25, -0.2) is 0 Å². The van der Waals surface area contributed by atoms with Crippen LogP contribution < -0.4 is 5.32 Å². The molecule has 0 saturated carbocycles. The van der Waals surface area contributed by atoms with Gasteiger partial charge in [-0.05, 0) is 51.2 Å². The highest BCUT2D eigenvalue weighted by molar-refractivity contribution is 6.33. The number of anilines is 1. The van der Waals surface area contributed by atoms with Crippen molar-refractivity contribution in [3.8, 4) is 0 Å². The van der Waals surface area contributed by atoms with Crippen molar-refractivity contribution in [2.45, 2.75) is 63.2 Å². The summed E-state index contributed by atoms with van der Waals surface area (Å²) in [5.74, 6) is -2.62. The van der Waals surface area contributed by atoms with Crippen molar-refractivity contribution < 1.29 is 29.0 Å². The summed E-state index contributed by atoms with van der Waals surface area (Å²) in [4.78, 5) is 42.0. The molecule has 2 bridgehead atoms. The Labute approximate surface area is 198 Å². The van der Waals surface area contributed by atoms with E-state index in [1.807, 2.05) is 6.92 Å². The highest BCUT2D eigenvalue weighted by Crippen LogP contribution is 2.64. The van der Waals surface area contributed by atoms with E-state index in [-0.39, 0.29) is 31.6 Å². The number of hydrogen-bond acceptors (Lipinski definition) is 6. The minimum Gasteiger partial charge on any atom is -0.466 e. The molecule has 2 unspecified atom stereocenters. The van der Waals surface area contributed by atoms with E-state index in [1.54, 1.807) is 31.2 Å². The standard InChI is InChI=1S/C24H31ClN2O6/c1-3-23-11-12-24(33-23)17(18(23)22(31)32-4-2)21(30)27(13-7-8-14-28)19(24)20(29)26-16-10-6-5-9-15(16)25/h5-6,9-10,17-19,28H,3-4,7-8,11-14H2,1-2H3,(H,26,29)/t17-,18+,19?,23-,24?/m0/s1. The van der Waals surface area contributed by atoms with E-state index >= 15 is 0 Å². The molecule has 2 N–H and O–H groups in total. The lowest BCUT2D eigenvalue weighted by Crippen LogP contribution is -2.53. The summed E-state index contributed by atoms with van der Waals surface area (Å²) in [6, 6.07) is 6.01. The predicted molar refractivity (Wildman–Crippen MR) is 122 cm³/mol. The summed E-state index contributed by atoms with van der Waals surface area (Å²) < 4.78 is 12.0. The van der Waals surface area contributed by atoms with Gasteiger partial charge in [0, 0.05) is 13.2 Å². The van der Waals surface area contributed by atoms with E-state index in [2.05, 4.69) is 5.32 Å². The number of benzene rings is 1. The molecule has 0 aromatic heterocycles. The van der Waals surface area contributed by atoms with Crippen LogP contribution in [-0.2, 0) is 23.9 Å². The largest absolute Gasteiger partial charge is 0.466 e. The molecule has 9 heteroatoms. The van der Waals surface area contributed by atoms with Gasteiger partial charge in [0.05, 0.1) is 28.8 Å². The maximum atomic E-state index is 13.7. The smallest absolute Gasteiger partial charge is 0.312 e. The van der Waals surface area contributed by atoms with Gasteiger partial charge in [-0.3, -0.25) is 14.4 Å². The second kappa shape index (κ2) is 9.24. The normalized spacial score (nSPS) is 32.2. The minimum absolute atomic E-state index is 0.00597. The Balaban J connectivity index is 1.73. The van der Waals surface area contributed by atoms with Crippen molar-refractivity contribution >= 4 is 35.1 Å². The molecule has 3 aliphatic rings. The zero-order valence-corrected chi connectivity index (χ0v) is 19.8. The number of aliphatic hydroxyl groups is 1. The number of amides is 2. The Morgan fingerprint density at radius 3 is 2.70 bits per heavy atom. The number of likely N-dealkylation sites (tertiary alicyclic amines) is 1. The number of halogens is 1. The molecule has 0 radical (unpaired) electrons. The van der Waals surface area contributed by atoms with E-state index in [1.165, 1.54) is 4.90 Å². The number of rotatable bonds is 9. The van der Waals surface area contributed by atoms with Gasteiger partial charge in [-0.1, -0.05) is 30.7 Å². The second-order valence-electron chi connectivity index (χ2n) is 9.02. The number of unbranched alkanes of at least 4 members (excludes halogenated alkanes) is 1. The second-order valence-corrected chi connectivity index (χ2v) is 9.42. The van der Waals surface area contributed by atoms with E-state index in [4.69, 9.17) is 21.1 Å². The van der Waals surface area contributed by atoms with Gasteiger partial charge in [0.1, 0.15) is 17.6 Å². The molecule has 0 aliphatic carbocycles. The van der Waals surface area contributed by atoms with Crippen LogP contribution in [0.3, 0.4) is 0 Å². The summed E-state index contributed by atoms with van der Waals surface area (Å²) in [5, 5.41) is 12.5. The molecule has 3 saturated heterocycles. The topological polar surface area (TPSA) is 105 Å². The third-order valence-corrected chi connectivity index (χ3v) is 7.74. The van der Waals surface area contributed by atoms with Crippen LogP contribution in [-0.4, -0.2) is 64.8 Å². The Hall–Kier alpha value is -2.16. The van der Waals surface area contributed by atoms with E-state index in [9.17, 15) is 19.5 Å². The maximum absolute atomic E-state index is 13.7. The van der Waals surface area contributed by atoms with Crippen LogP contribution in [0.25, 0.3) is 0 Å². The summed E-state index contributed by atoms with van der Waals surface area (Å²) in [6.45, 7) is 4.16. The number of carbonyl (C=O) groups excluding carboxylic acids is 3. The van der Waals surface area contributed by atoms with Crippen LogP contribution in [0.5, 0.6) is 0 Å². The number of para-hydroxylation sites is 1. The molecule has 1 aromatic carbocycles. The molecule has 8 nitrogen and oxygen atoms in total. The fraction of sp³-hybridized carbons (Fsp3) is 0.625. The van der Waals surface area contributed by atoms with Crippen LogP contribution in [0.2, 0.25) is 5.02 Å². The van der Waals surface area contributed by atoms with Crippen LogP contribution in [0, 0.1) is 11.8 Å². The Morgan fingerprint density at radius 1 is 1.27 bits per heavy atom. The van der Waals surface area contributed by atoms with Gasteiger partial charge in [0.25, 0.3) is 0 Å². The molecule has 5 atom stereocenters. The first kappa shape index (κ1) is 24.0. The fourth-order valence-electron chi connectivity index (χ4n) is 6.01. The lowest BCUT2D eigenvalue weighted by atomic mass is 9.65. The number of aliphatic hydroxyl groups excluding tert-OH is 1. The molecule has 33 heavy (non-hydrogen) atoms. The summed E-state index contributed by atoms with van der Waals surface area (Å²) >= 11 is 6.26. The number of hydrogen-bond donors (Lipinski definition) is 2. The number of ether oxygens (including phenoxy) is 2. The Morgan fingerprint density at radius 2 is 2.03 bits per heavy atom. The number of nitrogens with zero attached hydrogens (tertiary/aromatic N) is 1. The average molecular weight is 479 g/mol. The minimum atomic E-state index is -1.10. The molecule has 3 aliphatic heterocycles. The van der Waals surface area contributed by atoms with Crippen LogP contribution in [0.15, 0.2) is 24.3 Å². The first-order valence-corrected chi connectivity index (χ1v) is 12.1. The summed E-state index contributed by atoms with van der Waals surface area (Å²) in [5.41, 5.74) is -1.46. The Kier molecular flexibility index (Phi) is 6.71. The van der Waals surface area contributed by atoms with E-state index < -0.39 is 35.0 Å². The number of esters is 1. The number of nitrogens with one attached hydrogen (secondary N) is 1. The molecule has 1 aromatic rings. The maximum Gasteiger partial charge on any atom is 0.312 e. The molecule has 3 fully saturated rings. The zero-order chi connectivity index (χ0) is 23.8. The molecule has 3 heterocycles. The van der Waals surface area contributed by atoms with Gasteiger partial charge < -0.3 is 24.8 Å². The van der Waals surface area contributed by atoms with Crippen molar-refractivity contribution in [1.29, 1.82) is 0 Å². The van der Waals surface area contributed by atoms with Crippen LogP contribution in [0.4, 0.5) is 5.69 Å². The Bertz CT molecular complexity index is 941. The third-order valence-electron chi connectivity index (χ3n) is 7.41. The lowest BCUT2D eigenvalue weighted by molar-refractivity contribution is -0.160. The molecule has 1 spiro atoms. The summed E-state index contributed by atoms with van der Waals surface area (Å²) in [7, 11) is 0. The summed E-state index contributed by atoms with van der Waals surface area (Å²) in [6.07, 6.45) is 2.66. The average Bonchev–Trinajstić information content (AvgIpc) is 3.39. The van der Waals surface area contributed by atoms with Crippen molar-refractivity contribution in [3.63, 3.8) is 0 Å². The van der Waals surface area contributed by atoms with Crippen molar-refractivity contribution in [1.82, 2.24) is 4.90 Å². The van der Waals surface area contributed by atoms with Gasteiger partial charge >= 0.3 is 5.97 Å². The SMILES string of the molecule is CCOC(=O)[C@H]1[C@H]2C(=O)N(CCCCO)C(C(=O)Nc3ccccc3Cl)C23CC[C@]1(CC)O3. The first-order valence-electron chi connectivity index (χ1n) is 11.7. The first-order chi connectivity index (χ1) is 15.8.